The van der Waals surface area contributed by atoms with E-state index in [0.29, 0.717) is 17.9 Å². The van der Waals surface area contributed by atoms with Crippen LogP contribution in [0.2, 0.25) is 0 Å². The molecule has 3 N–H and O–H groups in total. The van der Waals surface area contributed by atoms with E-state index < -0.39 is 6.10 Å². The Hall–Kier alpha value is -1.46. The van der Waals surface area contributed by atoms with Crippen molar-refractivity contribution in [3.8, 4) is 0 Å². The number of aliphatic hydroxyl groups is 1. The van der Waals surface area contributed by atoms with Crippen LogP contribution in [0.4, 0.5) is 5.82 Å². The molecule has 0 aliphatic rings. The van der Waals surface area contributed by atoms with Gasteiger partial charge < -0.3 is 10.8 Å². The summed E-state index contributed by atoms with van der Waals surface area (Å²) in [5.74, 6) is 0.470. The molecule has 0 amide bonds. The van der Waals surface area contributed by atoms with E-state index in [9.17, 15) is 5.11 Å². The molecule has 0 aliphatic heterocycles. The van der Waals surface area contributed by atoms with Crippen LogP contribution >= 0.6 is 11.3 Å². The van der Waals surface area contributed by atoms with Crippen LogP contribution in [-0.2, 0) is 6.42 Å². The SMILES string of the molecule is Nc1cc(CC(O)c2cscn2)ccn1. The number of aromatic nitrogens is 2. The first-order chi connectivity index (χ1) is 7.25. The summed E-state index contributed by atoms with van der Waals surface area (Å²) in [6.07, 6.45) is 1.58. The van der Waals surface area contributed by atoms with Gasteiger partial charge in [0.1, 0.15) is 11.9 Å². The maximum Gasteiger partial charge on any atom is 0.123 e. The Balaban J connectivity index is 2.09. The lowest BCUT2D eigenvalue weighted by atomic mass is 10.1. The van der Waals surface area contributed by atoms with Crippen LogP contribution in [0.1, 0.15) is 17.4 Å². The van der Waals surface area contributed by atoms with Gasteiger partial charge in [-0.2, -0.15) is 0 Å². The van der Waals surface area contributed by atoms with E-state index in [4.69, 9.17) is 5.73 Å². The summed E-state index contributed by atoms with van der Waals surface area (Å²) in [6, 6.07) is 3.60. The van der Waals surface area contributed by atoms with Gasteiger partial charge in [-0.25, -0.2) is 9.97 Å². The predicted octanol–water partition coefficient (Wildman–Crippen LogP) is 1.40. The predicted molar refractivity (Wildman–Crippen MR) is 59.4 cm³/mol. The largest absolute Gasteiger partial charge is 0.386 e. The van der Waals surface area contributed by atoms with Gasteiger partial charge in [0, 0.05) is 18.0 Å². The summed E-state index contributed by atoms with van der Waals surface area (Å²) in [5, 5.41) is 11.7. The van der Waals surface area contributed by atoms with Crippen molar-refractivity contribution in [1.29, 1.82) is 0 Å². The molecule has 0 bridgehead atoms. The van der Waals surface area contributed by atoms with Crippen LogP contribution in [0.25, 0.3) is 0 Å². The maximum absolute atomic E-state index is 9.84. The standard InChI is InChI=1S/C10H11N3OS/c11-10-4-7(1-2-12-10)3-9(14)8-5-15-6-13-8/h1-2,4-6,9,14H,3H2,(H2,11,12). The first kappa shape index (κ1) is 10.1. The summed E-state index contributed by atoms with van der Waals surface area (Å²) < 4.78 is 0. The smallest absolute Gasteiger partial charge is 0.123 e. The highest BCUT2D eigenvalue weighted by Crippen LogP contribution is 2.18. The molecule has 0 aliphatic carbocycles. The monoisotopic (exact) mass is 221 g/mol. The highest BCUT2D eigenvalue weighted by Gasteiger charge is 2.10. The summed E-state index contributed by atoms with van der Waals surface area (Å²) in [4.78, 5) is 7.95. The van der Waals surface area contributed by atoms with Crippen LogP contribution in [0, 0.1) is 0 Å². The lowest BCUT2D eigenvalue weighted by Gasteiger charge is -2.07. The number of hydrogen-bond acceptors (Lipinski definition) is 5. The fourth-order valence-electron chi connectivity index (χ4n) is 1.34. The lowest BCUT2D eigenvalue weighted by Crippen LogP contribution is -2.02. The zero-order valence-electron chi connectivity index (χ0n) is 8.00. The highest BCUT2D eigenvalue weighted by atomic mass is 32.1. The minimum Gasteiger partial charge on any atom is -0.386 e. The van der Waals surface area contributed by atoms with Gasteiger partial charge in [-0.1, -0.05) is 0 Å². The first-order valence-corrected chi connectivity index (χ1v) is 5.46. The first-order valence-electron chi connectivity index (χ1n) is 4.52. The van der Waals surface area contributed by atoms with E-state index in [0.717, 1.165) is 5.56 Å². The van der Waals surface area contributed by atoms with Crippen molar-refractivity contribution in [2.75, 3.05) is 5.73 Å². The normalized spacial score (nSPS) is 12.6. The van der Waals surface area contributed by atoms with Gasteiger partial charge in [-0.15, -0.1) is 11.3 Å². The second-order valence-corrected chi connectivity index (χ2v) is 3.94. The summed E-state index contributed by atoms with van der Waals surface area (Å²) in [7, 11) is 0. The minimum atomic E-state index is -0.571. The van der Waals surface area contributed by atoms with Crippen LogP contribution in [0.3, 0.4) is 0 Å². The Bertz CT molecular complexity index is 430. The molecule has 1 atom stereocenters. The fourth-order valence-corrected chi connectivity index (χ4v) is 1.94. The average Bonchev–Trinajstić information content (AvgIpc) is 2.70. The molecule has 78 valence electrons. The van der Waals surface area contributed by atoms with Crippen molar-refractivity contribution in [2.45, 2.75) is 12.5 Å². The Morgan fingerprint density at radius 1 is 1.47 bits per heavy atom. The molecule has 2 aromatic rings. The fraction of sp³-hybridized carbons (Fsp3) is 0.200. The third kappa shape index (κ3) is 2.51. The number of hydrogen-bond donors (Lipinski definition) is 2. The molecule has 0 radical (unpaired) electrons. The number of thiazole rings is 1. The molecule has 1 unspecified atom stereocenters. The maximum atomic E-state index is 9.84. The number of anilines is 1. The Kier molecular flexibility index (Phi) is 2.94. The highest BCUT2D eigenvalue weighted by molar-refractivity contribution is 7.07. The molecule has 4 nitrogen and oxygen atoms in total. The molecule has 2 aromatic heterocycles. The van der Waals surface area contributed by atoms with Crippen molar-refractivity contribution in [2.24, 2.45) is 0 Å². The molecule has 0 saturated carbocycles. The number of nitrogens with zero attached hydrogens (tertiary/aromatic N) is 2. The second-order valence-electron chi connectivity index (χ2n) is 3.22. The zero-order valence-corrected chi connectivity index (χ0v) is 8.81. The van der Waals surface area contributed by atoms with Crippen LogP contribution in [0.15, 0.2) is 29.2 Å². The van der Waals surface area contributed by atoms with Crippen LogP contribution < -0.4 is 5.73 Å². The molecule has 2 heterocycles. The second kappa shape index (κ2) is 4.37. The van der Waals surface area contributed by atoms with E-state index in [1.807, 2.05) is 11.4 Å². The molecule has 5 heteroatoms. The molecule has 15 heavy (non-hydrogen) atoms. The van der Waals surface area contributed by atoms with Gasteiger partial charge >= 0.3 is 0 Å². The van der Waals surface area contributed by atoms with E-state index in [1.165, 1.54) is 11.3 Å². The van der Waals surface area contributed by atoms with Crippen molar-refractivity contribution in [3.05, 3.63) is 40.5 Å². The van der Waals surface area contributed by atoms with E-state index in [1.54, 1.807) is 17.8 Å². The van der Waals surface area contributed by atoms with Crippen molar-refractivity contribution in [3.63, 3.8) is 0 Å². The molecule has 0 saturated heterocycles. The molecule has 0 aromatic carbocycles. The summed E-state index contributed by atoms with van der Waals surface area (Å²) in [5.41, 5.74) is 8.92. The average molecular weight is 221 g/mol. The molecular weight excluding hydrogens is 210 g/mol. The molecule has 0 fully saturated rings. The van der Waals surface area contributed by atoms with Crippen molar-refractivity contribution < 1.29 is 5.11 Å². The lowest BCUT2D eigenvalue weighted by molar-refractivity contribution is 0.174. The van der Waals surface area contributed by atoms with Crippen molar-refractivity contribution >= 4 is 17.2 Å². The van der Waals surface area contributed by atoms with Gasteiger partial charge in [0.25, 0.3) is 0 Å². The molecule has 2 rings (SSSR count). The Morgan fingerprint density at radius 2 is 2.33 bits per heavy atom. The van der Waals surface area contributed by atoms with Crippen LogP contribution in [0.5, 0.6) is 0 Å². The van der Waals surface area contributed by atoms with E-state index in [2.05, 4.69) is 9.97 Å². The number of aliphatic hydroxyl groups excluding tert-OH is 1. The van der Waals surface area contributed by atoms with Crippen molar-refractivity contribution in [1.82, 2.24) is 9.97 Å². The summed E-state index contributed by atoms with van der Waals surface area (Å²) in [6.45, 7) is 0. The van der Waals surface area contributed by atoms with Crippen LogP contribution in [-0.4, -0.2) is 15.1 Å². The molecule has 0 spiro atoms. The third-order valence-electron chi connectivity index (χ3n) is 2.07. The molecular formula is C10H11N3OS. The number of nitrogens with two attached hydrogens (primary N) is 1. The zero-order chi connectivity index (χ0) is 10.7. The number of nitrogen functional groups attached to an aromatic ring is 1. The van der Waals surface area contributed by atoms with Gasteiger partial charge in [0.05, 0.1) is 11.2 Å². The van der Waals surface area contributed by atoms with Gasteiger partial charge in [-0.3, -0.25) is 0 Å². The topological polar surface area (TPSA) is 72.0 Å². The van der Waals surface area contributed by atoms with E-state index in [-0.39, 0.29) is 0 Å². The third-order valence-corrected chi connectivity index (χ3v) is 2.67. The van der Waals surface area contributed by atoms with E-state index >= 15 is 0 Å². The number of rotatable bonds is 3. The minimum absolute atomic E-state index is 0.470. The Morgan fingerprint density at radius 3 is 3.00 bits per heavy atom. The van der Waals surface area contributed by atoms with Gasteiger partial charge in [0.15, 0.2) is 0 Å². The summed E-state index contributed by atoms with van der Waals surface area (Å²) >= 11 is 1.47. The Labute approximate surface area is 91.4 Å². The van der Waals surface area contributed by atoms with Gasteiger partial charge in [-0.05, 0) is 17.7 Å². The quantitative estimate of drug-likeness (QED) is 0.821. The van der Waals surface area contributed by atoms with Gasteiger partial charge in [0.2, 0.25) is 0 Å². The number of pyridine rings is 1.